The molecule has 0 spiro atoms. The van der Waals surface area contributed by atoms with E-state index in [4.69, 9.17) is 0 Å². The Hall–Kier alpha value is -2.15. The Balaban J connectivity index is 2.29. The van der Waals surface area contributed by atoms with Gasteiger partial charge in [0, 0.05) is 23.1 Å². The highest BCUT2D eigenvalue weighted by atomic mass is 14.9. The molecule has 0 N–H and O–H groups in total. The Morgan fingerprint density at radius 3 is 2.36 bits per heavy atom. The van der Waals surface area contributed by atoms with E-state index in [1.165, 1.54) is 38.9 Å². The van der Waals surface area contributed by atoms with Crippen LogP contribution in [0.2, 0.25) is 0 Å². The van der Waals surface area contributed by atoms with Crippen LogP contribution in [0.25, 0.3) is 22.2 Å². The van der Waals surface area contributed by atoms with Crippen molar-refractivity contribution >= 4 is 10.9 Å². The standard InChI is InChI=1S/C21H24N/c1-14(2)18-12-15(3)16(4)19(13-18)21-11-10-17-8-6-7-9-20(17)22(21)5/h6-14H,1-5H3/q+1. The molecular weight excluding hydrogens is 266 g/mol. The average molecular weight is 290 g/mol. The number of pyridine rings is 1. The van der Waals surface area contributed by atoms with Crippen molar-refractivity contribution in [2.75, 3.05) is 0 Å². The summed E-state index contributed by atoms with van der Waals surface area (Å²) in [5.41, 5.74) is 8.04. The second-order valence-electron chi connectivity index (χ2n) is 6.50. The van der Waals surface area contributed by atoms with E-state index in [9.17, 15) is 0 Å². The van der Waals surface area contributed by atoms with E-state index in [1.54, 1.807) is 0 Å². The second kappa shape index (κ2) is 5.57. The fourth-order valence-electron chi connectivity index (χ4n) is 3.10. The molecule has 1 heteroatoms. The van der Waals surface area contributed by atoms with Gasteiger partial charge < -0.3 is 0 Å². The first-order valence-electron chi connectivity index (χ1n) is 7.98. The lowest BCUT2D eigenvalue weighted by molar-refractivity contribution is -0.633. The lowest BCUT2D eigenvalue weighted by atomic mass is 9.92. The molecular formula is C21H24N+. The van der Waals surface area contributed by atoms with Gasteiger partial charge in [0.25, 0.3) is 0 Å². The van der Waals surface area contributed by atoms with Gasteiger partial charge in [0.1, 0.15) is 7.05 Å². The molecule has 0 aliphatic rings. The summed E-state index contributed by atoms with van der Waals surface area (Å²) in [6, 6.07) is 17.7. The summed E-state index contributed by atoms with van der Waals surface area (Å²) in [5, 5.41) is 1.28. The predicted octanol–water partition coefficient (Wildman–Crippen LogP) is 5.07. The van der Waals surface area contributed by atoms with Crippen LogP contribution in [-0.4, -0.2) is 0 Å². The highest BCUT2D eigenvalue weighted by Gasteiger charge is 2.17. The van der Waals surface area contributed by atoms with Gasteiger partial charge in [0.2, 0.25) is 11.2 Å². The van der Waals surface area contributed by atoms with Crippen LogP contribution in [0.4, 0.5) is 0 Å². The van der Waals surface area contributed by atoms with Crippen LogP contribution < -0.4 is 4.57 Å². The third-order valence-corrected chi connectivity index (χ3v) is 4.71. The van der Waals surface area contributed by atoms with E-state index in [1.807, 2.05) is 0 Å². The van der Waals surface area contributed by atoms with Gasteiger partial charge in [-0.05, 0) is 54.7 Å². The number of nitrogens with zero attached hydrogens (tertiary/aromatic N) is 1. The first kappa shape index (κ1) is 14.8. The summed E-state index contributed by atoms with van der Waals surface area (Å²) in [7, 11) is 2.16. The van der Waals surface area contributed by atoms with Gasteiger partial charge in [-0.25, -0.2) is 0 Å². The van der Waals surface area contributed by atoms with Crippen LogP contribution >= 0.6 is 0 Å². The zero-order valence-electron chi connectivity index (χ0n) is 14.1. The molecule has 0 atom stereocenters. The Bertz CT molecular complexity index is 844. The van der Waals surface area contributed by atoms with Crippen LogP contribution in [0.5, 0.6) is 0 Å². The number of para-hydroxylation sites is 1. The minimum atomic E-state index is 0.545. The van der Waals surface area contributed by atoms with E-state index in [-0.39, 0.29) is 0 Å². The van der Waals surface area contributed by atoms with Crippen molar-refractivity contribution in [3.05, 3.63) is 65.2 Å². The van der Waals surface area contributed by atoms with E-state index in [0.717, 1.165) is 0 Å². The summed E-state index contributed by atoms with van der Waals surface area (Å²) in [6.45, 7) is 8.96. The lowest BCUT2D eigenvalue weighted by Crippen LogP contribution is -2.32. The predicted molar refractivity (Wildman–Crippen MR) is 94.1 cm³/mol. The topological polar surface area (TPSA) is 3.88 Å². The first-order valence-corrected chi connectivity index (χ1v) is 7.98. The van der Waals surface area contributed by atoms with Crippen LogP contribution in [0.1, 0.15) is 36.5 Å². The Morgan fingerprint density at radius 1 is 0.909 bits per heavy atom. The maximum absolute atomic E-state index is 2.36. The summed E-state index contributed by atoms with van der Waals surface area (Å²) in [4.78, 5) is 0. The highest BCUT2D eigenvalue weighted by molar-refractivity contribution is 5.78. The second-order valence-corrected chi connectivity index (χ2v) is 6.50. The van der Waals surface area contributed by atoms with Crippen molar-refractivity contribution in [1.29, 1.82) is 0 Å². The molecule has 0 amide bonds. The molecule has 1 aromatic heterocycles. The van der Waals surface area contributed by atoms with Crippen LogP contribution in [0, 0.1) is 13.8 Å². The summed E-state index contributed by atoms with van der Waals surface area (Å²) in [6.07, 6.45) is 0. The number of aryl methyl sites for hydroxylation is 2. The Labute approximate surface area is 133 Å². The van der Waals surface area contributed by atoms with E-state index in [0.29, 0.717) is 5.92 Å². The van der Waals surface area contributed by atoms with Crippen molar-refractivity contribution in [1.82, 2.24) is 0 Å². The van der Waals surface area contributed by atoms with Gasteiger partial charge in [-0.1, -0.05) is 32.0 Å². The van der Waals surface area contributed by atoms with Crippen LogP contribution in [0.15, 0.2) is 48.5 Å². The zero-order valence-corrected chi connectivity index (χ0v) is 14.1. The molecule has 3 rings (SSSR count). The third-order valence-electron chi connectivity index (χ3n) is 4.71. The summed E-state index contributed by atoms with van der Waals surface area (Å²) < 4.78 is 2.31. The lowest BCUT2D eigenvalue weighted by Gasteiger charge is -2.13. The van der Waals surface area contributed by atoms with E-state index in [2.05, 4.69) is 87.8 Å². The van der Waals surface area contributed by atoms with Crippen molar-refractivity contribution < 1.29 is 4.57 Å². The molecule has 0 bridgehead atoms. The molecule has 2 aromatic carbocycles. The van der Waals surface area contributed by atoms with Crippen molar-refractivity contribution in [3.8, 4) is 11.3 Å². The average Bonchev–Trinajstić information content (AvgIpc) is 2.51. The van der Waals surface area contributed by atoms with Gasteiger partial charge in [0.05, 0.1) is 0 Å². The van der Waals surface area contributed by atoms with Gasteiger partial charge in [-0.3, -0.25) is 0 Å². The Morgan fingerprint density at radius 2 is 1.64 bits per heavy atom. The molecule has 0 radical (unpaired) electrons. The first-order chi connectivity index (χ1) is 10.5. The smallest absolute Gasteiger partial charge is 0.194 e. The van der Waals surface area contributed by atoms with Gasteiger partial charge in [-0.2, -0.15) is 4.57 Å². The monoisotopic (exact) mass is 290 g/mol. The summed E-state index contributed by atoms with van der Waals surface area (Å²) in [5.74, 6) is 0.545. The minimum Gasteiger partial charge on any atom is -0.194 e. The van der Waals surface area contributed by atoms with Crippen LogP contribution in [-0.2, 0) is 7.05 Å². The number of fused-ring (bicyclic) bond motifs is 1. The van der Waals surface area contributed by atoms with Gasteiger partial charge in [-0.15, -0.1) is 0 Å². The minimum absolute atomic E-state index is 0.545. The van der Waals surface area contributed by atoms with Crippen LogP contribution in [0.3, 0.4) is 0 Å². The quantitative estimate of drug-likeness (QED) is 0.580. The zero-order chi connectivity index (χ0) is 15.9. The molecule has 0 aliphatic carbocycles. The molecule has 1 nitrogen and oxygen atoms in total. The van der Waals surface area contributed by atoms with Gasteiger partial charge >= 0.3 is 0 Å². The highest BCUT2D eigenvalue weighted by Crippen LogP contribution is 2.29. The maximum atomic E-state index is 2.36. The van der Waals surface area contributed by atoms with Gasteiger partial charge in [0.15, 0.2) is 0 Å². The Kier molecular flexibility index (Phi) is 3.74. The fourth-order valence-corrected chi connectivity index (χ4v) is 3.10. The molecule has 112 valence electrons. The molecule has 22 heavy (non-hydrogen) atoms. The normalized spacial score (nSPS) is 11.4. The SMILES string of the molecule is Cc1cc(C(C)C)cc(-c2ccc3ccccc3[n+]2C)c1C. The number of hydrogen-bond donors (Lipinski definition) is 0. The third kappa shape index (κ3) is 2.41. The molecule has 0 saturated carbocycles. The molecule has 0 unspecified atom stereocenters. The number of benzene rings is 2. The van der Waals surface area contributed by atoms with Crippen molar-refractivity contribution in [3.63, 3.8) is 0 Å². The molecule has 0 fully saturated rings. The summed E-state index contributed by atoms with van der Waals surface area (Å²) >= 11 is 0. The largest absolute Gasteiger partial charge is 0.213 e. The number of aromatic nitrogens is 1. The van der Waals surface area contributed by atoms with Crippen molar-refractivity contribution in [2.45, 2.75) is 33.6 Å². The molecule has 0 aliphatic heterocycles. The maximum Gasteiger partial charge on any atom is 0.213 e. The molecule has 3 aromatic rings. The molecule has 1 heterocycles. The molecule has 0 saturated heterocycles. The van der Waals surface area contributed by atoms with E-state index < -0.39 is 0 Å². The number of rotatable bonds is 2. The fraction of sp³-hybridized carbons (Fsp3) is 0.286. The van der Waals surface area contributed by atoms with Crippen molar-refractivity contribution in [2.24, 2.45) is 7.05 Å². The number of hydrogen-bond acceptors (Lipinski definition) is 0. The van der Waals surface area contributed by atoms with E-state index >= 15 is 0 Å².